The second-order valence-electron chi connectivity index (χ2n) is 14.0. The maximum atomic E-state index is 13.3. The lowest BCUT2D eigenvalue weighted by Gasteiger charge is -2.33. The minimum absolute atomic E-state index is 0.00539. The zero-order valence-corrected chi connectivity index (χ0v) is 25.0. The molecule has 0 aromatic carbocycles. The molecule has 36 heavy (non-hydrogen) atoms. The Morgan fingerprint density at radius 1 is 0.722 bits per heavy atom. The molecule has 1 aromatic rings. The third kappa shape index (κ3) is 6.14. The molecule has 2 aliphatic rings. The van der Waals surface area contributed by atoms with E-state index in [0.29, 0.717) is 16.1 Å². The van der Waals surface area contributed by atoms with E-state index in [2.05, 4.69) is 83.1 Å². The van der Waals surface area contributed by atoms with Crippen molar-refractivity contribution in [3.8, 4) is 0 Å². The maximum absolute atomic E-state index is 13.3. The Hall–Kier alpha value is -2.33. The van der Waals surface area contributed by atoms with Crippen molar-refractivity contribution >= 4 is 24.5 Å². The van der Waals surface area contributed by atoms with Crippen LogP contribution in [-0.4, -0.2) is 5.78 Å². The number of rotatable bonds is 2. The lowest BCUT2D eigenvalue weighted by Crippen LogP contribution is -2.22. The predicted molar refractivity (Wildman–Crippen MR) is 154 cm³/mol. The lowest BCUT2D eigenvalue weighted by atomic mass is 9.83. The van der Waals surface area contributed by atoms with E-state index in [-0.39, 0.29) is 27.4 Å². The highest BCUT2D eigenvalue weighted by molar-refractivity contribution is 7.85. The van der Waals surface area contributed by atoms with Gasteiger partial charge in [-0.05, 0) is 77.0 Å². The van der Waals surface area contributed by atoms with Gasteiger partial charge >= 0.3 is 11.5 Å². The Kier molecular flexibility index (Phi) is 7.22. The first-order valence-corrected chi connectivity index (χ1v) is 13.2. The Balaban J connectivity index is 2.07. The van der Waals surface area contributed by atoms with Crippen molar-refractivity contribution < 1.29 is 13.9 Å². The van der Waals surface area contributed by atoms with Crippen LogP contribution in [0, 0.1) is 10.8 Å². The van der Waals surface area contributed by atoms with Gasteiger partial charge in [-0.25, -0.2) is 4.42 Å². The minimum atomic E-state index is -0.148. The highest BCUT2D eigenvalue weighted by atomic mass is 32.1. The smallest absolute Gasteiger partial charge is 0.335 e. The second-order valence-corrected chi connectivity index (χ2v) is 14.5. The molecular weight excluding hydrogens is 464 g/mol. The molecule has 0 saturated heterocycles. The van der Waals surface area contributed by atoms with Gasteiger partial charge < -0.3 is 4.74 Å². The van der Waals surface area contributed by atoms with Crippen molar-refractivity contribution in [3.63, 3.8) is 0 Å². The van der Waals surface area contributed by atoms with Crippen molar-refractivity contribution in [2.45, 2.75) is 93.9 Å². The van der Waals surface area contributed by atoms with Crippen molar-refractivity contribution in [2.24, 2.45) is 10.8 Å². The molecule has 0 unspecified atom stereocenters. The average Bonchev–Trinajstić information content (AvgIpc) is 2.72. The van der Waals surface area contributed by atoms with Gasteiger partial charge in [0.25, 0.3) is 0 Å². The molecule has 0 amide bonds. The lowest BCUT2D eigenvalue weighted by molar-refractivity contribution is -0.112. The van der Waals surface area contributed by atoms with Gasteiger partial charge in [0.05, 0.1) is 10.8 Å². The minimum Gasteiger partial charge on any atom is -0.465 e. The summed E-state index contributed by atoms with van der Waals surface area (Å²) in [6.45, 7) is 25.6. The first-order chi connectivity index (χ1) is 16.2. The number of hydrogen-bond donors (Lipinski definition) is 1. The summed E-state index contributed by atoms with van der Waals surface area (Å²) in [7, 11) is 0. The van der Waals surface area contributed by atoms with Gasteiger partial charge in [-0.1, -0.05) is 41.5 Å². The summed E-state index contributed by atoms with van der Waals surface area (Å²) >= 11 is 4.74. The normalized spacial score (nSPS) is 18.6. The van der Waals surface area contributed by atoms with Crippen LogP contribution in [0.25, 0.3) is 6.08 Å². The number of carbonyl (C=O) groups is 1. The molecule has 3 rings (SSSR count). The quantitative estimate of drug-likeness (QED) is 0.246. The summed E-state index contributed by atoms with van der Waals surface area (Å²) in [5.41, 5.74) is 2.57. The number of thiol groups is 1. The van der Waals surface area contributed by atoms with E-state index in [0.717, 1.165) is 34.2 Å². The third-order valence-corrected chi connectivity index (χ3v) is 6.69. The van der Waals surface area contributed by atoms with Crippen LogP contribution < -0.4 is 0 Å². The van der Waals surface area contributed by atoms with Crippen LogP contribution in [0.1, 0.15) is 100 Å². The van der Waals surface area contributed by atoms with Crippen LogP contribution in [0.4, 0.5) is 0 Å². The summed E-state index contributed by atoms with van der Waals surface area (Å²) in [4.78, 5) is 14.0. The SMILES string of the molecule is CC(C)(C)C1=CC(=CC2=C(S)/C(=C\c3cc(C(C)(C)C)[o+]c(C(C)(C)C)c3)C2=O)C=C(C(C)(C)C)O1. The van der Waals surface area contributed by atoms with Crippen LogP contribution >= 0.6 is 12.6 Å². The van der Waals surface area contributed by atoms with E-state index in [9.17, 15) is 4.79 Å². The average molecular weight is 508 g/mol. The van der Waals surface area contributed by atoms with E-state index in [1.807, 2.05) is 36.4 Å². The van der Waals surface area contributed by atoms with Gasteiger partial charge in [-0.2, -0.15) is 0 Å². The number of allylic oxidation sites excluding steroid dienone is 8. The Morgan fingerprint density at radius 2 is 1.17 bits per heavy atom. The zero-order valence-electron chi connectivity index (χ0n) is 24.1. The molecule has 4 heteroatoms. The largest absolute Gasteiger partial charge is 0.465 e. The van der Waals surface area contributed by atoms with Gasteiger partial charge in [0.1, 0.15) is 11.5 Å². The molecule has 0 spiro atoms. The number of carbonyl (C=O) groups excluding carboxylic acids is 1. The topological polar surface area (TPSA) is 37.6 Å². The number of Topliss-reactive ketones (excluding diaryl/α,β-unsaturated/α-hetero) is 1. The Morgan fingerprint density at radius 3 is 1.53 bits per heavy atom. The van der Waals surface area contributed by atoms with Gasteiger partial charge in [0.15, 0.2) is 5.78 Å². The summed E-state index contributed by atoms with van der Waals surface area (Å²) in [6.07, 6.45) is 7.93. The fourth-order valence-corrected chi connectivity index (χ4v) is 4.06. The van der Waals surface area contributed by atoms with E-state index < -0.39 is 0 Å². The van der Waals surface area contributed by atoms with Gasteiger partial charge in [0.2, 0.25) is 0 Å². The number of ketones is 1. The molecule has 0 saturated carbocycles. The summed E-state index contributed by atoms with van der Waals surface area (Å²) in [5.74, 6) is 3.57. The molecule has 0 radical (unpaired) electrons. The summed E-state index contributed by atoms with van der Waals surface area (Å²) in [5, 5.41) is 0. The molecule has 0 bridgehead atoms. The summed E-state index contributed by atoms with van der Waals surface area (Å²) in [6, 6.07) is 4.06. The zero-order chi connectivity index (χ0) is 27.4. The van der Waals surface area contributed by atoms with Crippen molar-refractivity contribution in [1.29, 1.82) is 0 Å². The highest BCUT2D eigenvalue weighted by Crippen LogP contribution is 2.42. The summed E-state index contributed by atoms with van der Waals surface area (Å²) < 4.78 is 12.5. The predicted octanol–water partition coefficient (Wildman–Crippen LogP) is 9.12. The molecule has 0 N–H and O–H groups in total. The van der Waals surface area contributed by atoms with E-state index in [4.69, 9.17) is 21.8 Å². The molecule has 3 nitrogen and oxygen atoms in total. The molecule has 0 fully saturated rings. The standard InChI is InChI=1S/C32H42O3S/c1-29(2,3)23-15-19(16-24(34-23)30(4,5)6)13-21-27(33)22(28(21)36)14-20-17-25(31(7,8)9)35-26(18-20)32(10,11)12/h13-18H,1-12H3/p+1. The molecule has 1 aromatic heterocycles. The van der Waals surface area contributed by atoms with Crippen LogP contribution in [0.3, 0.4) is 0 Å². The van der Waals surface area contributed by atoms with E-state index in [1.54, 1.807) is 0 Å². The third-order valence-electron chi connectivity index (χ3n) is 6.21. The number of hydrogen-bond acceptors (Lipinski definition) is 3. The highest BCUT2D eigenvalue weighted by Gasteiger charge is 2.36. The Bertz CT molecular complexity index is 1170. The Labute approximate surface area is 223 Å². The van der Waals surface area contributed by atoms with Crippen molar-refractivity contribution in [2.75, 3.05) is 0 Å². The monoisotopic (exact) mass is 507 g/mol. The van der Waals surface area contributed by atoms with Crippen LogP contribution in [0.2, 0.25) is 0 Å². The van der Waals surface area contributed by atoms with Crippen molar-refractivity contribution in [3.05, 3.63) is 80.6 Å². The first-order valence-electron chi connectivity index (χ1n) is 12.7. The van der Waals surface area contributed by atoms with Crippen molar-refractivity contribution in [1.82, 2.24) is 0 Å². The molecule has 194 valence electrons. The molecule has 1 aliphatic heterocycles. The fourth-order valence-electron chi connectivity index (χ4n) is 3.73. The van der Waals surface area contributed by atoms with Crippen LogP contribution in [-0.2, 0) is 20.4 Å². The van der Waals surface area contributed by atoms with Gasteiger partial charge in [0, 0.05) is 39.0 Å². The fraction of sp³-hybridized carbons (Fsp3) is 0.500. The second kappa shape index (κ2) is 9.20. The van der Waals surface area contributed by atoms with E-state index in [1.165, 1.54) is 0 Å². The van der Waals surface area contributed by atoms with Crippen LogP contribution in [0.15, 0.2) is 67.9 Å². The first kappa shape index (κ1) is 28.2. The molecule has 2 heterocycles. The van der Waals surface area contributed by atoms with E-state index >= 15 is 0 Å². The van der Waals surface area contributed by atoms with Gasteiger partial charge in [-0.15, -0.1) is 12.6 Å². The van der Waals surface area contributed by atoms with Gasteiger partial charge in [-0.3, -0.25) is 4.79 Å². The maximum Gasteiger partial charge on any atom is 0.335 e. The number of ether oxygens (including phenoxy) is 1. The molecule has 0 atom stereocenters. The molecule has 1 aliphatic carbocycles. The van der Waals surface area contributed by atoms with Crippen LogP contribution in [0.5, 0.6) is 0 Å². The molecular formula is C32H43O3S+.